The molecule has 0 bridgehead atoms. The smallest absolute Gasteiger partial charge is 0.285 e. The van der Waals surface area contributed by atoms with Crippen LogP contribution < -0.4 is 4.87 Å². The van der Waals surface area contributed by atoms with Gasteiger partial charge in [-0.15, -0.1) is 0 Å². The second-order valence-corrected chi connectivity index (χ2v) is 3.51. The van der Waals surface area contributed by atoms with Gasteiger partial charge in [0.05, 0.1) is 5.69 Å². The molecule has 5 heteroatoms. The maximum absolute atomic E-state index is 11.2. The fraction of sp³-hybridized carbons (Fsp3) is 0.286. The second kappa shape index (κ2) is 2.38. The SMILES string of the molecule is Cc1cnc2sc(=O)n(C)c2n1. The Hall–Kier alpha value is -1.23. The van der Waals surface area contributed by atoms with Gasteiger partial charge in [0, 0.05) is 13.2 Å². The predicted octanol–water partition coefficient (Wildman–Crippen LogP) is 0.698. The van der Waals surface area contributed by atoms with Gasteiger partial charge in [-0.05, 0) is 6.92 Å². The third kappa shape index (κ3) is 0.937. The van der Waals surface area contributed by atoms with Crippen LogP contribution in [0.4, 0.5) is 0 Å². The van der Waals surface area contributed by atoms with E-state index in [4.69, 9.17) is 0 Å². The van der Waals surface area contributed by atoms with E-state index in [1.165, 1.54) is 4.57 Å². The van der Waals surface area contributed by atoms with Crippen molar-refractivity contribution in [2.45, 2.75) is 6.92 Å². The molecule has 2 heterocycles. The van der Waals surface area contributed by atoms with Crippen molar-refractivity contribution in [3.05, 3.63) is 21.6 Å². The molecule has 0 amide bonds. The lowest BCUT2D eigenvalue weighted by Crippen LogP contribution is -2.07. The van der Waals surface area contributed by atoms with E-state index in [1.807, 2.05) is 6.92 Å². The maximum atomic E-state index is 11.2. The topological polar surface area (TPSA) is 47.8 Å². The number of rotatable bonds is 0. The molecule has 2 aromatic heterocycles. The Bertz CT molecular complexity index is 485. The first-order valence-electron chi connectivity index (χ1n) is 3.47. The number of hydrogen-bond acceptors (Lipinski definition) is 4. The molecule has 0 spiro atoms. The molecular weight excluding hydrogens is 174 g/mol. The summed E-state index contributed by atoms with van der Waals surface area (Å²) in [6.45, 7) is 1.86. The molecular formula is C7H7N3OS. The highest BCUT2D eigenvalue weighted by atomic mass is 32.1. The highest BCUT2D eigenvalue weighted by Crippen LogP contribution is 2.10. The Balaban J connectivity index is 2.98. The lowest BCUT2D eigenvalue weighted by molar-refractivity contribution is 0.911. The first kappa shape index (κ1) is 7.42. The Morgan fingerprint density at radius 1 is 1.58 bits per heavy atom. The molecule has 0 aliphatic carbocycles. The van der Waals surface area contributed by atoms with Gasteiger partial charge in [0.2, 0.25) is 0 Å². The van der Waals surface area contributed by atoms with Crippen LogP contribution in [0.5, 0.6) is 0 Å². The van der Waals surface area contributed by atoms with Crippen molar-refractivity contribution in [1.82, 2.24) is 14.5 Å². The summed E-state index contributed by atoms with van der Waals surface area (Å²) in [7, 11) is 1.70. The zero-order valence-electron chi connectivity index (χ0n) is 6.74. The van der Waals surface area contributed by atoms with Gasteiger partial charge in [0.1, 0.15) is 0 Å². The highest BCUT2D eigenvalue weighted by molar-refractivity contribution is 7.15. The van der Waals surface area contributed by atoms with Gasteiger partial charge in [-0.2, -0.15) is 0 Å². The van der Waals surface area contributed by atoms with Gasteiger partial charge in [-0.25, -0.2) is 9.97 Å². The lowest BCUT2D eigenvalue weighted by Gasteiger charge is -1.92. The Morgan fingerprint density at radius 2 is 2.33 bits per heavy atom. The third-order valence-electron chi connectivity index (χ3n) is 1.62. The predicted molar refractivity (Wildman–Crippen MR) is 47.4 cm³/mol. The van der Waals surface area contributed by atoms with E-state index in [1.54, 1.807) is 13.2 Å². The summed E-state index contributed by atoms with van der Waals surface area (Å²) in [6, 6.07) is 0. The minimum atomic E-state index is -0.0180. The van der Waals surface area contributed by atoms with Crippen LogP contribution >= 0.6 is 11.3 Å². The van der Waals surface area contributed by atoms with Crippen LogP contribution in [0.15, 0.2) is 11.0 Å². The largest absolute Gasteiger partial charge is 0.310 e. The molecule has 0 aliphatic heterocycles. The summed E-state index contributed by atoms with van der Waals surface area (Å²) in [5.74, 6) is 0. The Kier molecular flexibility index (Phi) is 1.47. The van der Waals surface area contributed by atoms with Crippen LogP contribution in [-0.2, 0) is 7.05 Å². The first-order chi connectivity index (χ1) is 5.68. The molecule has 0 aromatic carbocycles. The molecule has 0 N–H and O–H groups in total. The van der Waals surface area contributed by atoms with Crippen molar-refractivity contribution in [2.75, 3.05) is 0 Å². The van der Waals surface area contributed by atoms with Crippen LogP contribution in [0.25, 0.3) is 10.5 Å². The van der Waals surface area contributed by atoms with E-state index < -0.39 is 0 Å². The second-order valence-electron chi connectivity index (χ2n) is 2.57. The highest BCUT2D eigenvalue weighted by Gasteiger charge is 2.05. The molecule has 62 valence electrons. The number of thiazole rings is 1. The molecule has 0 unspecified atom stereocenters. The molecule has 0 atom stereocenters. The van der Waals surface area contributed by atoms with Crippen LogP contribution in [-0.4, -0.2) is 14.5 Å². The number of nitrogens with zero attached hydrogens (tertiary/aromatic N) is 3. The number of aryl methyl sites for hydroxylation is 2. The molecule has 0 radical (unpaired) electrons. The Labute approximate surface area is 72.5 Å². The summed E-state index contributed by atoms with van der Waals surface area (Å²) in [5, 5.41) is 0. The van der Waals surface area contributed by atoms with Gasteiger partial charge in [0.25, 0.3) is 0 Å². The number of aromatic nitrogens is 3. The van der Waals surface area contributed by atoms with Crippen LogP contribution in [0, 0.1) is 6.92 Å². The first-order valence-corrected chi connectivity index (χ1v) is 4.29. The van der Waals surface area contributed by atoms with Gasteiger partial charge >= 0.3 is 4.87 Å². The molecule has 0 fully saturated rings. The molecule has 0 saturated carbocycles. The zero-order chi connectivity index (χ0) is 8.72. The van der Waals surface area contributed by atoms with E-state index in [9.17, 15) is 4.79 Å². The van der Waals surface area contributed by atoms with E-state index in [2.05, 4.69) is 9.97 Å². The van der Waals surface area contributed by atoms with E-state index >= 15 is 0 Å². The van der Waals surface area contributed by atoms with Gasteiger partial charge in [-0.1, -0.05) is 11.3 Å². The van der Waals surface area contributed by atoms with E-state index in [0.717, 1.165) is 17.0 Å². The van der Waals surface area contributed by atoms with Crippen molar-refractivity contribution in [1.29, 1.82) is 0 Å². The monoisotopic (exact) mass is 181 g/mol. The average molecular weight is 181 g/mol. The van der Waals surface area contributed by atoms with Crippen LogP contribution in [0.2, 0.25) is 0 Å². The van der Waals surface area contributed by atoms with Crippen molar-refractivity contribution in [3.63, 3.8) is 0 Å². The van der Waals surface area contributed by atoms with Crippen molar-refractivity contribution in [3.8, 4) is 0 Å². The standard InChI is InChI=1S/C7H7N3OS/c1-4-3-8-6-5(9-4)10(2)7(11)12-6/h3H,1-2H3. The van der Waals surface area contributed by atoms with Crippen molar-refractivity contribution >= 4 is 21.8 Å². The van der Waals surface area contributed by atoms with Gasteiger partial charge < -0.3 is 0 Å². The average Bonchev–Trinajstić information content (AvgIpc) is 2.31. The summed E-state index contributed by atoms with van der Waals surface area (Å²) >= 11 is 1.12. The van der Waals surface area contributed by atoms with Crippen LogP contribution in [0.1, 0.15) is 5.69 Å². The van der Waals surface area contributed by atoms with E-state index in [0.29, 0.717) is 10.5 Å². The maximum Gasteiger partial charge on any atom is 0.310 e. The minimum Gasteiger partial charge on any atom is -0.285 e. The molecule has 12 heavy (non-hydrogen) atoms. The lowest BCUT2D eigenvalue weighted by atomic mass is 10.5. The normalized spacial score (nSPS) is 10.8. The zero-order valence-corrected chi connectivity index (χ0v) is 7.55. The third-order valence-corrected chi connectivity index (χ3v) is 2.55. The fourth-order valence-corrected chi connectivity index (χ4v) is 1.75. The Morgan fingerprint density at radius 3 is 3.08 bits per heavy atom. The summed E-state index contributed by atoms with van der Waals surface area (Å²) in [5.41, 5.74) is 1.50. The number of hydrogen-bond donors (Lipinski definition) is 0. The fourth-order valence-electron chi connectivity index (χ4n) is 0.982. The van der Waals surface area contributed by atoms with Crippen molar-refractivity contribution in [2.24, 2.45) is 7.05 Å². The molecule has 2 aromatic rings. The van der Waals surface area contributed by atoms with Crippen LogP contribution in [0.3, 0.4) is 0 Å². The van der Waals surface area contributed by atoms with E-state index in [-0.39, 0.29) is 4.87 Å². The van der Waals surface area contributed by atoms with Crippen molar-refractivity contribution < 1.29 is 0 Å². The minimum absolute atomic E-state index is 0.0180. The molecule has 4 nitrogen and oxygen atoms in total. The molecule has 0 aliphatic rings. The summed E-state index contributed by atoms with van der Waals surface area (Å²) in [4.78, 5) is 20.1. The summed E-state index contributed by atoms with van der Waals surface area (Å²) < 4.78 is 1.51. The van der Waals surface area contributed by atoms with Gasteiger partial charge in [0.15, 0.2) is 10.5 Å². The molecule has 2 rings (SSSR count). The number of fused-ring (bicyclic) bond motifs is 1. The molecule has 0 saturated heterocycles. The quantitative estimate of drug-likeness (QED) is 0.601. The summed E-state index contributed by atoms with van der Waals surface area (Å²) in [6.07, 6.45) is 1.66. The van der Waals surface area contributed by atoms with Gasteiger partial charge in [-0.3, -0.25) is 9.36 Å².